The lowest BCUT2D eigenvalue weighted by Crippen LogP contribution is -2.56. The molecule has 0 aliphatic rings. The van der Waals surface area contributed by atoms with Gasteiger partial charge in [-0.05, 0) is 25.7 Å². The molecule has 0 N–H and O–H groups in total. The molecule has 0 bridgehead atoms. The number of rotatable bonds is 25. The number of nitrogens with zero attached hydrogens (tertiary/aromatic N) is 2. The molecule has 0 amide bonds. The highest BCUT2D eigenvalue weighted by atomic mass is 32.2. The molecular weight excluding hydrogens is 500 g/mol. The molecule has 0 saturated carbocycles. The molecule has 10 heteroatoms. The van der Waals surface area contributed by atoms with Crippen LogP contribution < -0.4 is 0 Å². The molecule has 0 aliphatic heterocycles. The van der Waals surface area contributed by atoms with Crippen molar-refractivity contribution >= 4 is 20.2 Å². The van der Waals surface area contributed by atoms with Gasteiger partial charge < -0.3 is 18.1 Å². The van der Waals surface area contributed by atoms with Crippen LogP contribution in [0.1, 0.15) is 104 Å². The van der Waals surface area contributed by atoms with Crippen molar-refractivity contribution < 1.29 is 34.9 Å². The summed E-state index contributed by atoms with van der Waals surface area (Å²) in [4.78, 5) is 0. The number of hydrogen-bond acceptors (Lipinski definition) is 6. The Labute approximate surface area is 223 Å². The maximum atomic E-state index is 11.2. The molecule has 0 saturated heterocycles. The number of likely N-dealkylation sites (N-methyl/N-ethyl adjacent to an activating group) is 2. The van der Waals surface area contributed by atoms with Crippen LogP contribution in [0.3, 0.4) is 0 Å². The lowest BCUT2D eigenvalue weighted by atomic mass is 10.1. The minimum absolute atomic E-state index is 0.331. The number of quaternary nitrogens is 2. The van der Waals surface area contributed by atoms with Crippen LogP contribution in [0.15, 0.2) is 0 Å². The Morgan fingerprint density at radius 1 is 0.444 bits per heavy atom. The fraction of sp³-hybridized carbons (Fsp3) is 1.00. The smallest absolute Gasteiger partial charge is 0.128 e. The fourth-order valence-electron chi connectivity index (χ4n) is 4.95. The first-order valence-corrected chi connectivity index (χ1v) is 17.4. The van der Waals surface area contributed by atoms with E-state index in [-0.39, 0.29) is 11.5 Å². The largest absolute Gasteiger partial charge is 0.748 e. The Hall–Kier alpha value is -0.260. The SMILES string of the molecule is CCCCCCCC[N+](C)(CCCS(=O)(=O)[O-])CC[N+](C)(CCCCCCCC)CCCS(=O)(=O)[O-]. The highest BCUT2D eigenvalue weighted by molar-refractivity contribution is 7.85. The summed E-state index contributed by atoms with van der Waals surface area (Å²) in [7, 11) is -4.14. The molecule has 0 aromatic rings. The summed E-state index contributed by atoms with van der Waals surface area (Å²) in [6.07, 6.45) is 15.0. The average Bonchev–Trinajstić information content (AvgIpc) is 2.76. The van der Waals surface area contributed by atoms with Gasteiger partial charge in [-0.2, -0.15) is 0 Å². The molecule has 0 rings (SSSR count). The summed E-state index contributed by atoms with van der Waals surface area (Å²) >= 11 is 0. The Morgan fingerprint density at radius 3 is 1.03 bits per heavy atom. The number of hydrogen-bond donors (Lipinski definition) is 0. The predicted molar refractivity (Wildman–Crippen MR) is 147 cm³/mol. The van der Waals surface area contributed by atoms with E-state index in [4.69, 9.17) is 0 Å². The molecule has 2 unspecified atom stereocenters. The second-order valence-electron chi connectivity index (χ2n) is 11.3. The molecule has 0 radical (unpaired) electrons. The van der Waals surface area contributed by atoms with E-state index in [1.54, 1.807) is 0 Å². The van der Waals surface area contributed by atoms with Gasteiger partial charge in [-0.25, -0.2) is 16.8 Å². The van der Waals surface area contributed by atoms with Gasteiger partial charge in [-0.3, -0.25) is 0 Å². The van der Waals surface area contributed by atoms with Gasteiger partial charge in [-0.15, -0.1) is 0 Å². The van der Waals surface area contributed by atoms with Gasteiger partial charge in [-0.1, -0.05) is 65.2 Å². The maximum absolute atomic E-state index is 11.2. The minimum atomic E-state index is -4.22. The van der Waals surface area contributed by atoms with Gasteiger partial charge in [0.25, 0.3) is 0 Å². The van der Waals surface area contributed by atoms with Crippen molar-refractivity contribution in [3.63, 3.8) is 0 Å². The second-order valence-corrected chi connectivity index (χ2v) is 14.4. The third kappa shape index (κ3) is 21.8. The first-order valence-electron chi connectivity index (χ1n) is 14.3. The highest BCUT2D eigenvalue weighted by Crippen LogP contribution is 2.16. The van der Waals surface area contributed by atoms with Crippen LogP contribution in [-0.4, -0.2) is 99.8 Å². The lowest BCUT2D eigenvalue weighted by Gasteiger charge is -2.40. The van der Waals surface area contributed by atoms with E-state index in [0.29, 0.717) is 34.9 Å². The van der Waals surface area contributed by atoms with E-state index in [1.165, 1.54) is 51.4 Å². The third-order valence-electron chi connectivity index (χ3n) is 7.47. The van der Waals surface area contributed by atoms with Crippen LogP contribution in [0.2, 0.25) is 0 Å². The zero-order valence-corrected chi connectivity index (χ0v) is 25.3. The Bertz CT molecular complexity index is 696. The van der Waals surface area contributed by atoms with Gasteiger partial charge in [0.05, 0.1) is 60.5 Å². The number of unbranched alkanes of at least 4 members (excludes halogenated alkanes) is 10. The summed E-state index contributed by atoms with van der Waals surface area (Å²) < 4.78 is 68.4. The normalized spacial score (nSPS) is 16.1. The Morgan fingerprint density at radius 2 is 0.722 bits per heavy atom. The van der Waals surface area contributed by atoms with Gasteiger partial charge >= 0.3 is 0 Å². The van der Waals surface area contributed by atoms with E-state index in [1.807, 2.05) is 0 Å². The van der Waals surface area contributed by atoms with Crippen LogP contribution >= 0.6 is 0 Å². The monoisotopic (exact) mass is 556 g/mol. The van der Waals surface area contributed by atoms with Gasteiger partial charge in [0, 0.05) is 24.3 Å². The van der Waals surface area contributed by atoms with Crippen molar-refractivity contribution in [1.29, 1.82) is 0 Å². The molecule has 2 atom stereocenters. The van der Waals surface area contributed by atoms with E-state index in [0.717, 1.165) is 51.9 Å². The van der Waals surface area contributed by atoms with Gasteiger partial charge in [0.2, 0.25) is 0 Å². The van der Waals surface area contributed by atoms with E-state index < -0.39 is 20.2 Å². The van der Waals surface area contributed by atoms with Crippen LogP contribution in [0.25, 0.3) is 0 Å². The molecule has 8 nitrogen and oxygen atoms in total. The first-order chi connectivity index (χ1) is 16.7. The first kappa shape index (κ1) is 35.7. The standard InChI is InChI=1S/C26H56N2O6S2/c1-5-7-9-11-13-15-19-27(3,21-17-25-35(29,30)31)23-24-28(4,22-18-26-36(32,33)34)20-16-14-12-10-8-6-2/h5-26H2,1-4H3. The van der Waals surface area contributed by atoms with Crippen molar-refractivity contribution in [1.82, 2.24) is 0 Å². The molecule has 36 heavy (non-hydrogen) atoms. The van der Waals surface area contributed by atoms with Crippen molar-refractivity contribution in [2.75, 3.05) is 64.9 Å². The van der Waals surface area contributed by atoms with Crippen molar-refractivity contribution in [2.45, 2.75) is 104 Å². The summed E-state index contributed by atoms with van der Waals surface area (Å²) in [6.45, 7) is 9.24. The molecule has 0 spiro atoms. The molecule has 218 valence electrons. The predicted octanol–water partition coefficient (Wildman–Crippen LogP) is 4.47. The van der Waals surface area contributed by atoms with Crippen molar-refractivity contribution in [3.05, 3.63) is 0 Å². The molecule has 0 aromatic carbocycles. The minimum Gasteiger partial charge on any atom is -0.748 e. The van der Waals surface area contributed by atoms with Crippen molar-refractivity contribution in [3.8, 4) is 0 Å². The molecule has 0 fully saturated rings. The topological polar surface area (TPSA) is 114 Å². The summed E-state index contributed by atoms with van der Waals surface area (Å²) in [5.41, 5.74) is 0. The van der Waals surface area contributed by atoms with E-state index in [9.17, 15) is 25.9 Å². The molecule has 0 aliphatic carbocycles. The summed E-state index contributed by atoms with van der Waals surface area (Å²) in [6, 6.07) is 0. The van der Waals surface area contributed by atoms with Crippen molar-refractivity contribution in [2.24, 2.45) is 0 Å². The van der Waals surface area contributed by atoms with E-state index >= 15 is 0 Å². The second kappa shape index (κ2) is 18.9. The zero-order valence-electron chi connectivity index (χ0n) is 23.7. The molecular formula is C26H56N2O6S2. The third-order valence-corrected chi connectivity index (χ3v) is 9.04. The zero-order chi connectivity index (χ0) is 27.6. The summed E-state index contributed by atoms with van der Waals surface area (Å²) in [5, 5.41) is 0. The van der Waals surface area contributed by atoms with Crippen LogP contribution in [0.5, 0.6) is 0 Å². The highest BCUT2D eigenvalue weighted by Gasteiger charge is 2.29. The summed E-state index contributed by atoms with van der Waals surface area (Å²) in [5.74, 6) is -0.662. The van der Waals surface area contributed by atoms with Crippen LogP contribution in [0, 0.1) is 0 Å². The van der Waals surface area contributed by atoms with E-state index in [2.05, 4.69) is 27.9 Å². The fourth-order valence-corrected chi connectivity index (χ4v) is 5.91. The van der Waals surface area contributed by atoms with Gasteiger partial charge in [0.1, 0.15) is 13.1 Å². The quantitative estimate of drug-likeness (QED) is 0.0931. The maximum Gasteiger partial charge on any atom is 0.128 e. The Balaban J connectivity index is 5.13. The van der Waals surface area contributed by atoms with Crippen LogP contribution in [0.4, 0.5) is 0 Å². The van der Waals surface area contributed by atoms with Gasteiger partial charge in [0.15, 0.2) is 0 Å². The average molecular weight is 557 g/mol. The molecule has 0 aromatic heterocycles. The Kier molecular flexibility index (Phi) is 18.8. The molecule has 0 heterocycles. The lowest BCUT2D eigenvalue weighted by molar-refractivity contribution is -0.964. The van der Waals surface area contributed by atoms with Crippen LogP contribution in [-0.2, 0) is 20.2 Å².